The number of halogens is 1. The largest absolute Gasteiger partial charge is 0.748 e. The predicted molar refractivity (Wildman–Crippen MR) is 32.3 cm³/mol. The zero-order valence-corrected chi connectivity index (χ0v) is 8.57. The summed E-state index contributed by atoms with van der Waals surface area (Å²) in [7, 11) is -3.94. The summed E-state index contributed by atoms with van der Waals surface area (Å²) in [6.07, 6.45) is 1.23. The first-order chi connectivity index (χ1) is 3.56. The van der Waals surface area contributed by atoms with E-state index in [2.05, 4.69) is 0 Å². The highest BCUT2D eigenvalue weighted by Crippen LogP contribution is 1.90. The Labute approximate surface area is 72.6 Å². The zero-order chi connectivity index (χ0) is 6.62. The van der Waals surface area contributed by atoms with Gasteiger partial charge in [-0.15, -0.1) is 0 Å². The fourth-order valence-electron chi connectivity index (χ4n) is 0.321. The lowest BCUT2D eigenvalue weighted by Crippen LogP contribution is -3.00. The van der Waals surface area contributed by atoms with Crippen LogP contribution in [0.4, 0.5) is 0 Å². The number of hydrogen-bond donors (Lipinski definition) is 0. The first-order valence-corrected chi connectivity index (χ1v) is 4.07. The summed E-state index contributed by atoms with van der Waals surface area (Å²) in [5.74, 6) is -0.219. The van der Waals surface area contributed by atoms with Crippen LogP contribution in [0.15, 0.2) is 0 Å². The normalized spacial score (nSPS) is 10.4. The molecule has 0 radical (unpaired) electrons. The first-order valence-electron chi connectivity index (χ1n) is 2.50. The maximum atomic E-state index is 9.83. The Morgan fingerprint density at radius 3 is 2.00 bits per heavy atom. The van der Waals surface area contributed by atoms with Crippen molar-refractivity contribution < 1.29 is 36.9 Å². The average molecular weight is 266 g/mol. The second kappa shape index (κ2) is 5.43. The van der Waals surface area contributed by atoms with E-state index < -0.39 is 10.1 Å². The molecule has 0 aromatic carbocycles. The molecule has 0 saturated heterocycles. The molecule has 3 nitrogen and oxygen atoms in total. The molecule has 0 saturated carbocycles. The molecule has 0 aromatic rings. The van der Waals surface area contributed by atoms with Crippen molar-refractivity contribution >= 4 is 10.1 Å². The highest BCUT2D eigenvalue weighted by molar-refractivity contribution is 7.85. The molecule has 5 heteroatoms. The highest BCUT2D eigenvalue weighted by atomic mass is 127. The van der Waals surface area contributed by atoms with Crippen molar-refractivity contribution in [1.29, 1.82) is 0 Å². The van der Waals surface area contributed by atoms with E-state index in [0.717, 1.165) is 6.42 Å². The summed E-state index contributed by atoms with van der Waals surface area (Å²) in [5.41, 5.74) is 0. The van der Waals surface area contributed by atoms with E-state index in [-0.39, 0.29) is 29.7 Å². The molecule has 9 heavy (non-hydrogen) atoms. The molecule has 0 aliphatic carbocycles. The number of rotatable bonds is 3. The molecule has 0 aliphatic heterocycles. The minimum atomic E-state index is -3.94. The lowest BCUT2D eigenvalue weighted by Gasteiger charge is -2.02. The number of hydrogen-bond acceptors (Lipinski definition) is 3. The second-order valence-electron chi connectivity index (χ2n) is 1.62. The molecule has 0 bridgehead atoms. The lowest BCUT2D eigenvalue weighted by molar-refractivity contribution is -0.00000615. The van der Waals surface area contributed by atoms with Gasteiger partial charge in [-0.1, -0.05) is 13.3 Å². The van der Waals surface area contributed by atoms with E-state index in [1.165, 1.54) is 0 Å². The summed E-state index contributed by atoms with van der Waals surface area (Å²) in [6, 6.07) is 0. The van der Waals surface area contributed by atoms with Gasteiger partial charge in [-0.2, -0.15) is 0 Å². The molecule has 58 valence electrons. The molecular formula is C4H11IO3S. The Balaban J connectivity index is 0. The monoisotopic (exact) mass is 266 g/mol. The summed E-state index contributed by atoms with van der Waals surface area (Å²) >= 11 is 0. The topological polar surface area (TPSA) is 57.2 Å². The molecule has 0 rings (SSSR count). The van der Waals surface area contributed by atoms with Gasteiger partial charge >= 0.3 is 0 Å². The van der Waals surface area contributed by atoms with Gasteiger partial charge in [0.25, 0.3) is 0 Å². The van der Waals surface area contributed by atoms with Crippen LogP contribution in [0.2, 0.25) is 0 Å². The van der Waals surface area contributed by atoms with Gasteiger partial charge in [0.1, 0.15) is 0 Å². The fourth-order valence-corrected chi connectivity index (χ4v) is 0.963. The van der Waals surface area contributed by atoms with Crippen LogP contribution in [0.25, 0.3) is 0 Å². The van der Waals surface area contributed by atoms with Crippen molar-refractivity contribution in [3.05, 3.63) is 0 Å². The van der Waals surface area contributed by atoms with E-state index >= 15 is 0 Å². The molecular weight excluding hydrogens is 255 g/mol. The highest BCUT2D eigenvalue weighted by Gasteiger charge is 1.90. The zero-order valence-electron chi connectivity index (χ0n) is 5.20. The van der Waals surface area contributed by atoms with Crippen molar-refractivity contribution in [2.45, 2.75) is 19.8 Å². The summed E-state index contributed by atoms with van der Waals surface area (Å²) in [6.45, 7) is 1.84. The quantitative estimate of drug-likeness (QED) is 0.399. The minimum Gasteiger partial charge on any atom is -0.748 e. The third kappa shape index (κ3) is 12.0. The SMILES string of the molecule is CCCCS(=O)(=O)[O-].[IH2+]. The van der Waals surface area contributed by atoms with Gasteiger partial charge in [-0.3, -0.25) is 0 Å². The third-order valence-electron chi connectivity index (χ3n) is 0.748. The molecule has 0 aliphatic rings. The second-order valence-corrected chi connectivity index (χ2v) is 3.14. The van der Waals surface area contributed by atoms with E-state index in [0.29, 0.717) is 6.42 Å². The van der Waals surface area contributed by atoms with E-state index in [4.69, 9.17) is 0 Å². The summed E-state index contributed by atoms with van der Waals surface area (Å²) < 4.78 is 29.5. The van der Waals surface area contributed by atoms with Gasteiger partial charge in [0.05, 0.1) is 10.1 Å². The van der Waals surface area contributed by atoms with Crippen LogP contribution in [0.5, 0.6) is 0 Å². The Hall–Kier alpha value is 0.640. The van der Waals surface area contributed by atoms with Crippen LogP contribution in [0.3, 0.4) is 0 Å². The van der Waals surface area contributed by atoms with Gasteiger partial charge in [0, 0.05) is 5.75 Å². The molecule has 0 atom stereocenters. The lowest BCUT2D eigenvalue weighted by atomic mass is 10.4. The predicted octanol–water partition coefficient (Wildman–Crippen LogP) is -3.20. The van der Waals surface area contributed by atoms with Crippen LogP contribution in [-0.2, 0) is 10.1 Å². The molecule has 0 aromatic heterocycles. The Morgan fingerprint density at radius 2 is 1.89 bits per heavy atom. The Bertz CT molecular complexity index is 140. The van der Waals surface area contributed by atoms with Gasteiger partial charge in [-0.25, -0.2) is 8.42 Å². The standard InChI is InChI=1S/C4H10O3S.H2I/c1-2-3-4-8(5,6)7;/h2-4H2,1H3,(H,5,6,7);1H2/q;+1/p-1. The molecule has 0 spiro atoms. The number of unbranched alkanes of at least 4 members (excludes halogenated alkanes) is 1. The maximum absolute atomic E-state index is 9.83. The molecule has 0 unspecified atom stereocenters. The van der Waals surface area contributed by atoms with Crippen LogP contribution in [-0.4, -0.2) is 18.7 Å². The Kier molecular flexibility index (Phi) is 7.43. The van der Waals surface area contributed by atoms with E-state index in [9.17, 15) is 13.0 Å². The smallest absolute Gasteiger partial charge is 0.235 e. The summed E-state index contributed by atoms with van der Waals surface area (Å²) in [4.78, 5) is 0. The van der Waals surface area contributed by atoms with E-state index in [1.807, 2.05) is 6.92 Å². The molecule has 0 amide bonds. The fraction of sp³-hybridized carbons (Fsp3) is 1.00. The van der Waals surface area contributed by atoms with Crippen molar-refractivity contribution in [3.63, 3.8) is 0 Å². The average Bonchev–Trinajstić information content (AvgIpc) is 1.59. The van der Waals surface area contributed by atoms with Crippen molar-refractivity contribution in [2.75, 3.05) is 5.75 Å². The molecule has 0 fully saturated rings. The van der Waals surface area contributed by atoms with Crippen LogP contribution in [0.1, 0.15) is 19.8 Å². The van der Waals surface area contributed by atoms with Crippen LogP contribution < -0.4 is 24.0 Å². The van der Waals surface area contributed by atoms with Crippen molar-refractivity contribution in [2.24, 2.45) is 0 Å². The molecule has 0 N–H and O–H groups in total. The minimum absolute atomic E-state index is 0. The Morgan fingerprint density at radius 1 is 1.44 bits per heavy atom. The van der Waals surface area contributed by atoms with E-state index in [1.54, 1.807) is 0 Å². The van der Waals surface area contributed by atoms with Gasteiger partial charge in [-0.05, 0) is 6.42 Å². The summed E-state index contributed by atoms with van der Waals surface area (Å²) in [5, 5.41) is 0. The maximum Gasteiger partial charge on any atom is 0.235 e. The van der Waals surface area contributed by atoms with Gasteiger partial charge < -0.3 is 4.55 Å². The van der Waals surface area contributed by atoms with Crippen LogP contribution in [0, 0.1) is 0 Å². The van der Waals surface area contributed by atoms with Gasteiger partial charge in [0.15, 0.2) is 0 Å². The molecule has 0 heterocycles. The van der Waals surface area contributed by atoms with Crippen molar-refractivity contribution in [3.8, 4) is 0 Å². The first kappa shape index (κ1) is 12.3. The third-order valence-corrected chi connectivity index (χ3v) is 1.54. The van der Waals surface area contributed by atoms with Crippen LogP contribution >= 0.6 is 0 Å². The van der Waals surface area contributed by atoms with Gasteiger partial charge in [0.2, 0.25) is 24.0 Å². The van der Waals surface area contributed by atoms with Crippen molar-refractivity contribution in [1.82, 2.24) is 0 Å².